The molecule has 0 aromatic carbocycles. The predicted octanol–water partition coefficient (Wildman–Crippen LogP) is -1.90. The molecule has 0 aromatic rings. The Morgan fingerprint density at radius 1 is 1.32 bits per heavy atom. The van der Waals surface area contributed by atoms with Crippen molar-refractivity contribution in [3.8, 4) is 0 Å². The van der Waals surface area contributed by atoms with Crippen molar-refractivity contribution in [2.45, 2.75) is 42.9 Å². The summed E-state index contributed by atoms with van der Waals surface area (Å²) in [5.41, 5.74) is 5.67. The maximum absolute atomic E-state index is 13.9. The van der Waals surface area contributed by atoms with Gasteiger partial charge in [0.1, 0.15) is 36.0 Å². The van der Waals surface area contributed by atoms with Crippen LogP contribution in [-0.4, -0.2) is 68.8 Å². The molecule has 0 amide bonds. The van der Waals surface area contributed by atoms with Gasteiger partial charge >= 0.3 is 0 Å². The molecule has 0 radical (unpaired) electrons. The van der Waals surface area contributed by atoms with Gasteiger partial charge in [0.05, 0.1) is 24.7 Å². The number of aliphatic hydroxyl groups is 3. The quantitative estimate of drug-likeness (QED) is 0.444. The third-order valence-electron chi connectivity index (χ3n) is 3.91. The first-order valence-corrected chi connectivity index (χ1v) is 6.04. The molecular weight excluding hydrogens is 255 g/mol. The third kappa shape index (κ3) is 1.75. The maximum atomic E-state index is 13.9. The number of hydrogen-bond donors (Lipinski definition) is 4. The van der Waals surface area contributed by atoms with Gasteiger partial charge in [-0.1, -0.05) is 0 Å². The Morgan fingerprint density at radius 3 is 2.68 bits per heavy atom. The first-order valence-electron chi connectivity index (χ1n) is 6.04. The van der Waals surface area contributed by atoms with E-state index in [2.05, 4.69) is 9.98 Å². The Kier molecular flexibility index (Phi) is 2.80. The van der Waals surface area contributed by atoms with Gasteiger partial charge < -0.3 is 26.0 Å². The lowest BCUT2D eigenvalue weighted by molar-refractivity contribution is -0.0286. The molecule has 0 saturated heterocycles. The predicted molar refractivity (Wildman–Crippen MR) is 65.1 cm³/mol. The fourth-order valence-electron chi connectivity index (χ4n) is 2.86. The van der Waals surface area contributed by atoms with Gasteiger partial charge in [-0.05, 0) is 6.42 Å². The van der Waals surface area contributed by atoms with Crippen molar-refractivity contribution < 1.29 is 19.7 Å². The number of nitrogens with two attached hydrogens (primary N) is 1. The van der Waals surface area contributed by atoms with E-state index in [0.717, 1.165) is 6.20 Å². The van der Waals surface area contributed by atoms with Crippen molar-refractivity contribution in [1.29, 1.82) is 0 Å². The molecule has 0 bridgehead atoms. The highest BCUT2D eigenvalue weighted by Crippen LogP contribution is 2.33. The molecule has 8 heteroatoms. The minimum atomic E-state index is -1.24. The molecule has 104 valence electrons. The van der Waals surface area contributed by atoms with E-state index in [0.29, 0.717) is 0 Å². The zero-order chi connectivity index (χ0) is 13.7. The molecule has 0 spiro atoms. The number of amidine groups is 1. The van der Waals surface area contributed by atoms with E-state index >= 15 is 0 Å². The van der Waals surface area contributed by atoms with Crippen LogP contribution in [0, 0.1) is 0 Å². The van der Waals surface area contributed by atoms with E-state index < -0.39 is 42.3 Å². The van der Waals surface area contributed by atoms with Crippen LogP contribution < -0.4 is 5.73 Å². The normalized spacial score (nSPS) is 45.2. The van der Waals surface area contributed by atoms with E-state index in [1.807, 2.05) is 0 Å². The fourth-order valence-corrected chi connectivity index (χ4v) is 2.86. The molecule has 0 aromatic heterocycles. The number of fused-ring (bicyclic) bond motifs is 1. The van der Waals surface area contributed by atoms with Crippen LogP contribution in [-0.2, 0) is 0 Å². The maximum Gasteiger partial charge on any atom is 0.143 e. The van der Waals surface area contributed by atoms with Crippen molar-refractivity contribution >= 4 is 12.2 Å². The summed E-state index contributed by atoms with van der Waals surface area (Å²) in [6.07, 6.45) is -0.857. The van der Waals surface area contributed by atoms with Gasteiger partial charge in [0.15, 0.2) is 0 Å². The summed E-state index contributed by atoms with van der Waals surface area (Å²) in [6.45, 7) is 0. The van der Waals surface area contributed by atoms with Gasteiger partial charge in [-0.2, -0.15) is 0 Å². The molecule has 2 heterocycles. The molecule has 1 aliphatic carbocycles. The molecular formula is C11H15FN4O3. The van der Waals surface area contributed by atoms with Crippen LogP contribution in [0.5, 0.6) is 0 Å². The van der Waals surface area contributed by atoms with Gasteiger partial charge in [0.2, 0.25) is 0 Å². The second kappa shape index (κ2) is 4.26. The molecule has 1 fully saturated rings. The Bertz CT molecular complexity index is 481. The van der Waals surface area contributed by atoms with Crippen molar-refractivity contribution in [3.05, 3.63) is 12.0 Å². The van der Waals surface area contributed by atoms with Gasteiger partial charge in [0, 0.05) is 0 Å². The summed E-state index contributed by atoms with van der Waals surface area (Å²) < 4.78 is 13.9. The molecule has 1 saturated carbocycles. The van der Waals surface area contributed by atoms with Crippen molar-refractivity contribution in [3.63, 3.8) is 0 Å². The van der Waals surface area contributed by atoms with Gasteiger partial charge in [-0.3, -0.25) is 4.99 Å². The van der Waals surface area contributed by atoms with E-state index in [1.54, 1.807) is 0 Å². The van der Waals surface area contributed by atoms with Gasteiger partial charge in [0.25, 0.3) is 0 Å². The molecule has 2 unspecified atom stereocenters. The van der Waals surface area contributed by atoms with E-state index in [4.69, 9.17) is 5.73 Å². The number of hydrogen-bond acceptors (Lipinski definition) is 7. The molecule has 5 N–H and O–H groups in total. The second-order valence-corrected chi connectivity index (χ2v) is 5.02. The third-order valence-corrected chi connectivity index (χ3v) is 3.91. The molecule has 2 aliphatic heterocycles. The van der Waals surface area contributed by atoms with Crippen LogP contribution >= 0.6 is 0 Å². The zero-order valence-electron chi connectivity index (χ0n) is 9.96. The smallest absolute Gasteiger partial charge is 0.143 e. The standard InChI is InChI=1S/C11H15FN4O3/c12-4-2-14-11(13)7-8(4)16(3-15-7)5-1-6(17)10(19)9(5)18/h2-3,5-10,17-19H,1H2,(H2,13,14)/t5-,6+,7?,8?,9+,10-/m1/s1. The van der Waals surface area contributed by atoms with Crippen LogP contribution in [0.1, 0.15) is 6.42 Å². The number of halogens is 1. The van der Waals surface area contributed by atoms with E-state index in [1.165, 1.54) is 11.2 Å². The van der Waals surface area contributed by atoms with Gasteiger partial charge in [-0.25, -0.2) is 9.38 Å². The summed E-state index contributed by atoms with van der Waals surface area (Å²) >= 11 is 0. The highest BCUT2D eigenvalue weighted by molar-refractivity contribution is 5.91. The minimum Gasteiger partial charge on any atom is -0.390 e. The summed E-state index contributed by atoms with van der Waals surface area (Å²) in [6, 6.07) is -1.98. The largest absolute Gasteiger partial charge is 0.390 e. The summed E-state index contributed by atoms with van der Waals surface area (Å²) in [5.74, 6) is -0.293. The monoisotopic (exact) mass is 270 g/mol. The fraction of sp³-hybridized carbons (Fsp3) is 0.636. The highest BCUT2D eigenvalue weighted by atomic mass is 19.1. The SMILES string of the molecule is NC1=NC=C(F)C2C1N=CN2[C@@H]1C[C@H](O)[C@@H](O)[C@H]1O. The Morgan fingerprint density at radius 2 is 2.05 bits per heavy atom. The highest BCUT2D eigenvalue weighted by Gasteiger charge is 2.49. The molecule has 19 heavy (non-hydrogen) atoms. The first kappa shape index (κ1) is 12.5. The van der Waals surface area contributed by atoms with Crippen LogP contribution in [0.2, 0.25) is 0 Å². The number of aliphatic hydroxyl groups excluding tert-OH is 3. The topological polar surface area (TPSA) is 115 Å². The van der Waals surface area contributed by atoms with Crippen LogP contribution in [0.4, 0.5) is 4.39 Å². The Balaban J connectivity index is 1.86. The van der Waals surface area contributed by atoms with Crippen LogP contribution in [0.3, 0.4) is 0 Å². The van der Waals surface area contributed by atoms with E-state index in [9.17, 15) is 19.7 Å². The average molecular weight is 270 g/mol. The second-order valence-electron chi connectivity index (χ2n) is 5.02. The molecule has 7 nitrogen and oxygen atoms in total. The first-order chi connectivity index (χ1) is 9.00. The van der Waals surface area contributed by atoms with Crippen molar-refractivity contribution in [2.75, 3.05) is 0 Å². The van der Waals surface area contributed by atoms with E-state index in [-0.39, 0.29) is 12.3 Å². The van der Waals surface area contributed by atoms with Crippen LogP contribution in [0.15, 0.2) is 22.0 Å². The molecule has 3 rings (SSSR count). The number of rotatable bonds is 1. The average Bonchev–Trinajstić information content (AvgIpc) is 2.92. The summed E-state index contributed by atoms with van der Waals surface area (Å²) in [7, 11) is 0. The zero-order valence-corrected chi connectivity index (χ0v) is 9.96. The lowest BCUT2D eigenvalue weighted by atomic mass is 10.0. The van der Waals surface area contributed by atoms with Gasteiger partial charge in [-0.15, -0.1) is 0 Å². The number of nitrogens with zero attached hydrogens (tertiary/aromatic N) is 3. The minimum absolute atomic E-state index is 0.141. The van der Waals surface area contributed by atoms with Crippen LogP contribution in [0.25, 0.3) is 0 Å². The lowest BCUT2D eigenvalue weighted by Crippen LogP contribution is -2.51. The Hall–Kier alpha value is -1.51. The molecule has 3 aliphatic rings. The summed E-state index contributed by atoms with van der Waals surface area (Å²) in [5, 5.41) is 29.1. The molecule has 6 atom stereocenters. The van der Waals surface area contributed by atoms with Crippen molar-refractivity contribution in [1.82, 2.24) is 4.90 Å². The lowest BCUT2D eigenvalue weighted by Gasteiger charge is -2.34. The summed E-state index contributed by atoms with van der Waals surface area (Å²) in [4.78, 5) is 9.31. The Labute approximate surface area is 108 Å². The van der Waals surface area contributed by atoms with Crippen molar-refractivity contribution in [2.24, 2.45) is 15.7 Å². The number of aliphatic imine (C=N–C) groups is 2.